The van der Waals surface area contributed by atoms with Crippen LogP contribution in [0.5, 0.6) is 0 Å². The summed E-state index contributed by atoms with van der Waals surface area (Å²) in [6.45, 7) is 0. The normalized spacial score (nSPS) is 10.7. The number of aromatic nitrogens is 4. The molecule has 0 bridgehead atoms. The van der Waals surface area contributed by atoms with Gasteiger partial charge in [-0.3, -0.25) is 0 Å². The lowest BCUT2D eigenvalue weighted by molar-refractivity contribution is 0.961. The molecule has 0 spiro atoms. The monoisotopic (exact) mass is 217 g/mol. The van der Waals surface area contributed by atoms with Crippen LogP contribution < -0.4 is 5.32 Å². The van der Waals surface area contributed by atoms with Crippen LogP contribution in [0.4, 0.5) is 10.8 Å². The zero-order valence-electron chi connectivity index (χ0n) is 7.64. The van der Waals surface area contributed by atoms with Gasteiger partial charge >= 0.3 is 0 Å². The van der Waals surface area contributed by atoms with Crippen LogP contribution in [0.15, 0.2) is 30.5 Å². The summed E-state index contributed by atoms with van der Waals surface area (Å²) in [5.74, 6) is 0. The van der Waals surface area contributed by atoms with Crippen LogP contribution in [-0.4, -0.2) is 19.8 Å². The van der Waals surface area contributed by atoms with Crippen molar-refractivity contribution < 1.29 is 0 Å². The van der Waals surface area contributed by atoms with Crippen molar-refractivity contribution in [2.45, 2.75) is 0 Å². The molecule has 0 radical (unpaired) electrons. The highest BCUT2D eigenvalue weighted by Crippen LogP contribution is 2.25. The van der Waals surface area contributed by atoms with Gasteiger partial charge in [0.25, 0.3) is 0 Å². The number of anilines is 2. The molecular formula is C9H7N5S. The zero-order valence-corrected chi connectivity index (χ0v) is 8.45. The van der Waals surface area contributed by atoms with E-state index in [9.17, 15) is 0 Å². The van der Waals surface area contributed by atoms with E-state index in [2.05, 4.69) is 25.1 Å². The number of H-pyrrole nitrogens is 1. The smallest absolute Gasteiger partial charge is 0.229 e. The molecular weight excluding hydrogens is 210 g/mol. The summed E-state index contributed by atoms with van der Waals surface area (Å²) in [4.78, 5) is 3.17. The zero-order chi connectivity index (χ0) is 10.1. The molecule has 2 aromatic heterocycles. The van der Waals surface area contributed by atoms with Crippen molar-refractivity contribution in [2.24, 2.45) is 0 Å². The number of para-hydroxylation sites is 1. The summed E-state index contributed by atoms with van der Waals surface area (Å²) in [6, 6.07) is 8.07. The predicted molar refractivity (Wildman–Crippen MR) is 59.3 cm³/mol. The maximum Gasteiger partial charge on any atom is 0.229 e. The summed E-state index contributed by atoms with van der Waals surface area (Å²) >= 11 is 1.23. The molecule has 6 heteroatoms. The summed E-state index contributed by atoms with van der Waals surface area (Å²) < 4.78 is 3.69. The molecule has 1 aromatic carbocycles. The minimum absolute atomic E-state index is 0.694. The van der Waals surface area contributed by atoms with E-state index in [0.29, 0.717) is 5.13 Å². The fraction of sp³-hybridized carbons (Fsp3) is 0. The highest BCUT2D eigenvalue weighted by molar-refractivity contribution is 7.09. The molecule has 15 heavy (non-hydrogen) atoms. The quantitative estimate of drug-likeness (QED) is 0.690. The molecule has 0 saturated carbocycles. The van der Waals surface area contributed by atoms with E-state index < -0.39 is 0 Å². The van der Waals surface area contributed by atoms with Gasteiger partial charge in [-0.05, 0) is 11.3 Å². The Morgan fingerprint density at radius 2 is 2.20 bits per heavy atom. The first-order valence-corrected chi connectivity index (χ1v) is 5.19. The molecule has 3 aromatic rings. The van der Waals surface area contributed by atoms with Gasteiger partial charge in [0, 0.05) is 28.6 Å². The average Bonchev–Trinajstić information content (AvgIpc) is 2.89. The van der Waals surface area contributed by atoms with Crippen LogP contribution >= 0.6 is 11.5 Å². The number of hydrogen-bond acceptors (Lipinski definition) is 5. The van der Waals surface area contributed by atoms with Gasteiger partial charge in [0.05, 0.1) is 5.69 Å². The third-order valence-corrected chi connectivity index (χ3v) is 2.64. The van der Waals surface area contributed by atoms with E-state index in [0.717, 1.165) is 16.6 Å². The second-order valence-corrected chi connectivity index (χ2v) is 3.77. The summed E-state index contributed by atoms with van der Waals surface area (Å²) in [5.41, 5.74) is 2.08. The molecule has 3 rings (SSSR count). The maximum absolute atomic E-state index is 3.83. The third kappa shape index (κ3) is 1.44. The van der Waals surface area contributed by atoms with Crippen molar-refractivity contribution in [3.05, 3.63) is 30.5 Å². The van der Waals surface area contributed by atoms with E-state index in [1.807, 2.05) is 30.5 Å². The van der Waals surface area contributed by atoms with Gasteiger partial charge in [0.1, 0.15) is 0 Å². The van der Waals surface area contributed by atoms with Crippen molar-refractivity contribution in [3.8, 4) is 0 Å². The van der Waals surface area contributed by atoms with Crippen LogP contribution in [0.1, 0.15) is 0 Å². The second kappa shape index (κ2) is 3.32. The van der Waals surface area contributed by atoms with E-state index >= 15 is 0 Å². The first-order valence-electron chi connectivity index (χ1n) is 4.42. The minimum Gasteiger partial charge on any atom is -0.359 e. The molecule has 74 valence electrons. The molecule has 0 atom stereocenters. The lowest BCUT2D eigenvalue weighted by Crippen LogP contribution is -1.87. The van der Waals surface area contributed by atoms with E-state index in [1.165, 1.54) is 11.5 Å². The molecule has 5 nitrogen and oxygen atoms in total. The van der Waals surface area contributed by atoms with Crippen molar-refractivity contribution >= 4 is 33.3 Å². The van der Waals surface area contributed by atoms with Crippen molar-refractivity contribution in [2.75, 3.05) is 5.32 Å². The number of hydrogen-bond donors (Lipinski definition) is 2. The SMILES string of the molecule is c1ccc2c(Nc3nnns3)c[nH]c2c1. The number of fused-ring (bicyclic) bond motifs is 1. The van der Waals surface area contributed by atoms with Crippen molar-refractivity contribution in [1.82, 2.24) is 19.8 Å². The van der Waals surface area contributed by atoms with Gasteiger partial charge in [0.2, 0.25) is 5.13 Å². The summed E-state index contributed by atoms with van der Waals surface area (Å²) in [6.07, 6.45) is 1.91. The lowest BCUT2D eigenvalue weighted by atomic mass is 10.2. The fourth-order valence-corrected chi connectivity index (χ4v) is 1.85. The van der Waals surface area contributed by atoms with Crippen molar-refractivity contribution in [1.29, 1.82) is 0 Å². The van der Waals surface area contributed by atoms with E-state index in [-0.39, 0.29) is 0 Å². The highest BCUT2D eigenvalue weighted by atomic mass is 32.1. The fourth-order valence-electron chi connectivity index (χ4n) is 1.47. The third-order valence-electron chi connectivity index (χ3n) is 2.13. The van der Waals surface area contributed by atoms with Gasteiger partial charge < -0.3 is 10.3 Å². The number of benzene rings is 1. The Labute approximate surface area is 89.3 Å². The lowest BCUT2D eigenvalue weighted by Gasteiger charge is -1.97. The molecule has 0 aliphatic rings. The van der Waals surface area contributed by atoms with Crippen molar-refractivity contribution in [3.63, 3.8) is 0 Å². The molecule has 0 amide bonds. The second-order valence-electron chi connectivity index (χ2n) is 3.04. The van der Waals surface area contributed by atoms with E-state index in [4.69, 9.17) is 0 Å². The number of nitrogens with zero attached hydrogens (tertiary/aromatic N) is 3. The summed E-state index contributed by atoms with van der Waals surface area (Å²) in [5, 5.41) is 12.3. The Morgan fingerprint density at radius 3 is 3.07 bits per heavy atom. The number of nitrogens with one attached hydrogen (secondary N) is 2. The van der Waals surface area contributed by atoms with Crippen LogP contribution in [-0.2, 0) is 0 Å². The Bertz CT molecular complexity index is 571. The molecule has 0 unspecified atom stereocenters. The average molecular weight is 217 g/mol. The first kappa shape index (κ1) is 8.37. The highest BCUT2D eigenvalue weighted by Gasteiger charge is 2.04. The maximum atomic E-state index is 3.83. The Balaban J connectivity index is 2.05. The molecule has 0 aliphatic heterocycles. The van der Waals surface area contributed by atoms with Gasteiger partial charge in [0.15, 0.2) is 0 Å². The standard InChI is InChI=1S/C9H7N5S/c1-2-4-7-6(3-1)8(5-10-7)11-9-12-13-14-15-9/h1-5,10H,(H,11,12,14). The molecule has 0 saturated heterocycles. The first-order chi connectivity index (χ1) is 7.43. The van der Waals surface area contributed by atoms with Gasteiger partial charge in [-0.25, -0.2) is 0 Å². The number of rotatable bonds is 2. The molecule has 2 heterocycles. The molecule has 0 fully saturated rings. The summed E-state index contributed by atoms with van der Waals surface area (Å²) in [7, 11) is 0. The minimum atomic E-state index is 0.694. The number of aromatic amines is 1. The Kier molecular flexibility index (Phi) is 1.85. The van der Waals surface area contributed by atoms with Crippen LogP contribution in [0, 0.1) is 0 Å². The Morgan fingerprint density at radius 1 is 1.27 bits per heavy atom. The van der Waals surface area contributed by atoms with Crippen LogP contribution in [0.3, 0.4) is 0 Å². The van der Waals surface area contributed by atoms with E-state index in [1.54, 1.807) is 0 Å². The van der Waals surface area contributed by atoms with Gasteiger partial charge in [-0.1, -0.05) is 27.8 Å². The molecule has 2 N–H and O–H groups in total. The predicted octanol–water partition coefficient (Wildman–Crippen LogP) is 2.16. The van der Waals surface area contributed by atoms with Gasteiger partial charge in [-0.2, -0.15) is 0 Å². The topological polar surface area (TPSA) is 66.5 Å². The van der Waals surface area contributed by atoms with Gasteiger partial charge in [-0.15, -0.1) is 0 Å². The molecule has 0 aliphatic carbocycles. The van der Waals surface area contributed by atoms with Crippen LogP contribution in [0.25, 0.3) is 10.9 Å². The Hall–Kier alpha value is -1.95. The van der Waals surface area contributed by atoms with Crippen LogP contribution in [0.2, 0.25) is 0 Å². The largest absolute Gasteiger partial charge is 0.359 e.